The number of aliphatic hydroxyl groups excluding tert-OH is 6. The molecule has 2 rings (SSSR count). The molecule has 24 heteroatoms. The maximum Gasteiger partial charge on any atom is 0.222 e. The largest absolute Gasteiger partial charge is 0.394 e. The van der Waals surface area contributed by atoms with Gasteiger partial charge in [0.2, 0.25) is 29.5 Å². The number of carbonyl (C=O) groups is 6. The van der Waals surface area contributed by atoms with Crippen molar-refractivity contribution in [2.24, 2.45) is 0 Å². The van der Waals surface area contributed by atoms with Gasteiger partial charge in [0.15, 0.2) is 12.6 Å². The van der Waals surface area contributed by atoms with Gasteiger partial charge < -0.3 is 91.0 Å². The van der Waals surface area contributed by atoms with E-state index in [9.17, 15) is 59.4 Å². The van der Waals surface area contributed by atoms with Crippen LogP contribution in [-0.2, 0) is 57.2 Å². The third kappa shape index (κ3) is 24.2. The molecule has 0 bridgehead atoms. The Morgan fingerprint density at radius 3 is 1.34 bits per heavy atom. The minimum Gasteiger partial charge on any atom is -0.394 e. The number of amides is 5. The number of Topliss-reactive ketones (excluding diaryl/α,β-unsaturated/α-hetero) is 1. The van der Waals surface area contributed by atoms with Crippen molar-refractivity contribution in [1.82, 2.24) is 31.9 Å². The number of ether oxygens (including phenoxy) is 6. The Morgan fingerprint density at radius 2 is 0.908 bits per heavy atom. The standard InChI is InChI=1S/C41H74N6O18/c1-26(50)46-34-38(58)36(56)29(24-48)64-40(34)62-17-5-3-9-28(52)23-42-13-7-14-44-32(54)11-19-60-21-22-61-20-12-33(55)45-16-8-15-43-31(53)10-4-6-18-63-41-35(47-27(2)51)39(59)37(57)30(25-49)65-41/h29-30,34-42,48-49,56-59H,3-25H2,1-2H3,(H,43,53)(H,44,54)(H,45,55)(H,46,50)(H,47,51). The first kappa shape index (κ1) is 57.6. The maximum absolute atomic E-state index is 12.2. The normalized spacial score (nSPS) is 25.4. The van der Waals surface area contributed by atoms with Crippen LogP contribution in [0.25, 0.3) is 0 Å². The van der Waals surface area contributed by atoms with E-state index < -0.39 is 86.3 Å². The lowest BCUT2D eigenvalue weighted by molar-refractivity contribution is -0.270. The SMILES string of the molecule is CC(=O)NC1C(OCCCCC(=O)CNCCCNC(=O)CCOCCOCCC(=O)NCCCNC(=O)CCCCOC2OC(CO)C(O)C(O)C2NC(C)=O)OC(CO)C(O)C1O. The van der Waals surface area contributed by atoms with Crippen molar-refractivity contribution in [3.05, 3.63) is 0 Å². The van der Waals surface area contributed by atoms with E-state index >= 15 is 0 Å². The first-order chi connectivity index (χ1) is 31.2. The van der Waals surface area contributed by atoms with Gasteiger partial charge in [0.05, 0.1) is 46.2 Å². The molecule has 0 aliphatic carbocycles. The molecule has 0 aromatic heterocycles. The second kappa shape index (κ2) is 33.9. The fourth-order valence-electron chi connectivity index (χ4n) is 6.65. The highest BCUT2D eigenvalue weighted by Gasteiger charge is 2.46. The third-order valence-corrected chi connectivity index (χ3v) is 10.2. The van der Waals surface area contributed by atoms with E-state index in [0.29, 0.717) is 71.1 Å². The van der Waals surface area contributed by atoms with Gasteiger partial charge in [-0.05, 0) is 45.1 Å². The Labute approximate surface area is 379 Å². The number of unbranched alkanes of at least 4 members (excludes halogenated alkanes) is 2. The predicted octanol–water partition coefficient (Wildman–Crippen LogP) is -4.65. The summed E-state index contributed by atoms with van der Waals surface area (Å²) in [5, 5.41) is 76.0. The smallest absolute Gasteiger partial charge is 0.222 e. The van der Waals surface area contributed by atoms with Gasteiger partial charge in [-0.25, -0.2) is 0 Å². The van der Waals surface area contributed by atoms with Gasteiger partial charge in [0.1, 0.15) is 54.5 Å². The highest BCUT2D eigenvalue weighted by atomic mass is 16.7. The highest BCUT2D eigenvalue weighted by Crippen LogP contribution is 2.24. The average molecular weight is 939 g/mol. The van der Waals surface area contributed by atoms with E-state index in [0.717, 1.165) is 0 Å². The molecular weight excluding hydrogens is 864 g/mol. The van der Waals surface area contributed by atoms with Gasteiger partial charge in [-0.1, -0.05) is 0 Å². The zero-order valence-electron chi connectivity index (χ0n) is 37.6. The van der Waals surface area contributed by atoms with Crippen LogP contribution >= 0.6 is 0 Å². The van der Waals surface area contributed by atoms with E-state index in [2.05, 4.69) is 31.9 Å². The Balaban J connectivity index is 1.36. The summed E-state index contributed by atoms with van der Waals surface area (Å²) in [6.07, 6.45) is -5.86. The third-order valence-electron chi connectivity index (χ3n) is 10.2. The van der Waals surface area contributed by atoms with Crippen molar-refractivity contribution in [2.75, 3.05) is 85.6 Å². The van der Waals surface area contributed by atoms with Crippen molar-refractivity contribution in [3.8, 4) is 0 Å². The summed E-state index contributed by atoms with van der Waals surface area (Å²) in [4.78, 5) is 71.5. The highest BCUT2D eigenvalue weighted by molar-refractivity contribution is 5.80. The van der Waals surface area contributed by atoms with Crippen LogP contribution in [0.2, 0.25) is 0 Å². The van der Waals surface area contributed by atoms with Crippen molar-refractivity contribution in [2.45, 2.75) is 139 Å². The van der Waals surface area contributed by atoms with Crippen LogP contribution in [-0.4, -0.2) is 213 Å². The number of nitrogens with one attached hydrogen (secondary N) is 6. The topological polar surface area (TPSA) is 351 Å². The zero-order chi connectivity index (χ0) is 48.0. The summed E-state index contributed by atoms with van der Waals surface area (Å²) in [6, 6.07) is -2.05. The van der Waals surface area contributed by atoms with E-state index in [-0.39, 0.29) is 89.0 Å². The molecule has 0 aromatic rings. The molecule has 0 aromatic carbocycles. The van der Waals surface area contributed by atoms with Crippen LogP contribution < -0.4 is 31.9 Å². The Bertz CT molecular complexity index is 1400. The molecular formula is C41H74N6O18. The molecule has 0 saturated carbocycles. The molecule has 24 nitrogen and oxygen atoms in total. The van der Waals surface area contributed by atoms with Gasteiger partial charge in [-0.3, -0.25) is 28.8 Å². The van der Waals surface area contributed by atoms with Gasteiger partial charge in [-0.15, -0.1) is 0 Å². The number of rotatable bonds is 35. The fourth-order valence-corrected chi connectivity index (χ4v) is 6.65. The summed E-state index contributed by atoms with van der Waals surface area (Å²) in [5.74, 6) is -1.42. The Kier molecular flexibility index (Phi) is 30.0. The summed E-state index contributed by atoms with van der Waals surface area (Å²) < 4.78 is 33.1. The van der Waals surface area contributed by atoms with Crippen LogP contribution in [0.4, 0.5) is 0 Å². The lowest BCUT2D eigenvalue weighted by Crippen LogP contribution is -2.64. The monoisotopic (exact) mass is 939 g/mol. The van der Waals surface area contributed by atoms with Gasteiger partial charge in [0, 0.05) is 72.4 Å². The van der Waals surface area contributed by atoms with E-state index in [4.69, 9.17) is 28.4 Å². The van der Waals surface area contributed by atoms with Gasteiger partial charge in [0.25, 0.3) is 0 Å². The van der Waals surface area contributed by atoms with Crippen molar-refractivity contribution in [1.29, 1.82) is 0 Å². The Morgan fingerprint density at radius 1 is 0.492 bits per heavy atom. The van der Waals surface area contributed by atoms with Crippen molar-refractivity contribution < 1.29 is 87.8 Å². The second-order valence-electron chi connectivity index (χ2n) is 15.7. The molecule has 5 amide bonds. The lowest BCUT2D eigenvalue weighted by Gasteiger charge is -2.42. The number of ketones is 1. The number of aliphatic hydroxyl groups is 6. The quantitative estimate of drug-likeness (QED) is 0.0266. The summed E-state index contributed by atoms with van der Waals surface area (Å²) in [6.45, 7) is 4.54. The van der Waals surface area contributed by atoms with Crippen LogP contribution in [0.3, 0.4) is 0 Å². The molecule has 10 unspecified atom stereocenters. The lowest BCUT2D eigenvalue weighted by atomic mass is 9.97. The van der Waals surface area contributed by atoms with E-state index in [1.165, 1.54) is 13.8 Å². The molecule has 376 valence electrons. The Hall–Kier alpha value is -3.50. The van der Waals surface area contributed by atoms with Crippen LogP contribution in [0.15, 0.2) is 0 Å². The molecule has 0 radical (unpaired) electrons. The maximum atomic E-state index is 12.2. The van der Waals surface area contributed by atoms with Crippen LogP contribution in [0.1, 0.15) is 78.1 Å². The minimum absolute atomic E-state index is 0.00647. The summed E-state index contributed by atoms with van der Waals surface area (Å²) in [5.41, 5.74) is 0. The molecule has 2 saturated heterocycles. The minimum atomic E-state index is -1.40. The first-order valence-corrected chi connectivity index (χ1v) is 22.4. The number of hydrogen-bond donors (Lipinski definition) is 12. The molecule has 2 aliphatic rings. The van der Waals surface area contributed by atoms with Gasteiger partial charge in [-0.2, -0.15) is 0 Å². The van der Waals surface area contributed by atoms with Gasteiger partial charge >= 0.3 is 0 Å². The number of hydrogen-bond acceptors (Lipinski definition) is 19. The molecule has 0 spiro atoms. The van der Waals surface area contributed by atoms with Crippen LogP contribution in [0.5, 0.6) is 0 Å². The molecule has 10 atom stereocenters. The zero-order valence-corrected chi connectivity index (χ0v) is 37.6. The molecule has 2 aliphatic heterocycles. The fraction of sp³-hybridized carbons (Fsp3) is 0.854. The molecule has 12 N–H and O–H groups in total. The second-order valence-corrected chi connectivity index (χ2v) is 15.7. The van der Waals surface area contributed by atoms with E-state index in [1.807, 2.05) is 0 Å². The first-order valence-electron chi connectivity index (χ1n) is 22.4. The average Bonchev–Trinajstić information content (AvgIpc) is 3.26. The van der Waals surface area contributed by atoms with Crippen molar-refractivity contribution in [3.63, 3.8) is 0 Å². The summed E-state index contributed by atoms with van der Waals surface area (Å²) >= 11 is 0. The number of carbonyl (C=O) groups excluding carboxylic acids is 6. The summed E-state index contributed by atoms with van der Waals surface area (Å²) in [7, 11) is 0. The van der Waals surface area contributed by atoms with E-state index in [1.54, 1.807) is 0 Å². The molecule has 2 heterocycles. The van der Waals surface area contributed by atoms with Crippen molar-refractivity contribution >= 4 is 35.3 Å². The predicted molar refractivity (Wildman–Crippen MR) is 227 cm³/mol. The molecule has 2 fully saturated rings. The van der Waals surface area contributed by atoms with Crippen LogP contribution in [0, 0.1) is 0 Å². The molecule has 65 heavy (non-hydrogen) atoms.